The van der Waals surface area contributed by atoms with Gasteiger partial charge in [0.25, 0.3) is 0 Å². The van der Waals surface area contributed by atoms with E-state index in [9.17, 15) is 12.8 Å². The zero-order valence-corrected chi connectivity index (χ0v) is 11.0. The van der Waals surface area contributed by atoms with E-state index in [1.54, 1.807) is 6.07 Å². The number of hydrogen-bond acceptors (Lipinski definition) is 4. The van der Waals surface area contributed by atoms with Crippen molar-refractivity contribution in [3.63, 3.8) is 0 Å². The van der Waals surface area contributed by atoms with E-state index in [4.69, 9.17) is 11.0 Å². The van der Waals surface area contributed by atoms with Crippen LogP contribution in [0.15, 0.2) is 23.1 Å². The number of rotatable bonds is 5. The van der Waals surface area contributed by atoms with Crippen LogP contribution in [-0.4, -0.2) is 21.0 Å². The molecule has 3 N–H and O–H groups in total. The molecule has 0 radical (unpaired) electrons. The predicted molar refractivity (Wildman–Crippen MR) is 67.0 cm³/mol. The van der Waals surface area contributed by atoms with Crippen molar-refractivity contribution < 1.29 is 12.8 Å². The van der Waals surface area contributed by atoms with Crippen LogP contribution in [0.4, 0.5) is 4.39 Å². The Morgan fingerprint density at radius 2 is 2.21 bits per heavy atom. The smallest absolute Gasteiger partial charge is 0.240 e. The Hall–Kier alpha value is -1.49. The van der Waals surface area contributed by atoms with E-state index < -0.39 is 15.8 Å². The van der Waals surface area contributed by atoms with E-state index in [-0.39, 0.29) is 23.0 Å². The van der Waals surface area contributed by atoms with Gasteiger partial charge in [-0.25, -0.2) is 17.5 Å². The van der Waals surface area contributed by atoms with Crippen LogP contribution in [0.2, 0.25) is 0 Å². The summed E-state index contributed by atoms with van der Waals surface area (Å²) < 4.78 is 39.4. The van der Waals surface area contributed by atoms with Crippen molar-refractivity contribution in [2.45, 2.75) is 23.8 Å². The molecule has 0 bridgehead atoms. The Labute approximate surface area is 111 Å². The van der Waals surface area contributed by atoms with Gasteiger partial charge in [0.05, 0.1) is 10.5 Å². The van der Waals surface area contributed by atoms with Crippen LogP contribution in [-0.2, 0) is 10.0 Å². The lowest BCUT2D eigenvalue weighted by Crippen LogP contribution is -2.38. The van der Waals surface area contributed by atoms with Crippen molar-refractivity contribution in [2.24, 2.45) is 11.7 Å². The van der Waals surface area contributed by atoms with Gasteiger partial charge < -0.3 is 5.73 Å². The molecule has 0 aliphatic heterocycles. The first-order valence-corrected chi connectivity index (χ1v) is 7.37. The quantitative estimate of drug-likeness (QED) is 0.832. The normalized spacial score (nSPS) is 16.9. The van der Waals surface area contributed by atoms with Gasteiger partial charge in [0.2, 0.25) is 10.0 Å². The summed E-state index contributed by atoms with van der Waals surface area (Å²) in [6, 6.07) is 4.51. The summed E-state index contributed by atoms with van der Waals surface area (Å²) in [5.41, 5.74) is 5.51. The predicted octanol–water partition coefficient (Wildman–Crippen LogP) is 0.713. The first-order valence-electron chi connectivity index (χ1n) is 5.89. The lowest BCUT2D eigenvalue weighted by molar-refractivity contribution is 0.547. The zero-order chi connectivity index (χ0) is 14.0. The second-order valence-electron chi connectivity index (χ2n) is 4.61. The van der Waals surface area contributed by atoms with Crippen molar-refractivity contribution >= 4 is 10.0 Å². The van der Waals surface area contributed by atoms with Gasteiger partial charge in [-0.3, -0.25) is 0 Å². The van der Waals surface area contributed by atoms with Gasteiger partial charge >= 0.3 is 0 Å². The monoisotopic (exact) mass is 283 g/mol. The van der Waals surface area contributed by atoms with Crippen molar-refractivity contribution in [1.82, 2.24) is 4.72 Å². The highest BCUT2D eigenvalue weighted by molar-refractivity contribution is 7.89. The molecule has 0 amide bonds. The highest BCUT2D eigenvalue weighted by Gasteiger charge is 2.29. The zero-order valence-electron chi connectivity index (χ0n) is 10.1. The fraction of sp³-hybridized carbons (Fsp3) is 0.417. The average Bonchev–Trinajstić information content (AvgIpc) is 3.20. The van der Waals surface area contributed by atoms with E-state index in [2.05, 4.69) is 4.72 Å². The van der Waals surface area contributed by atoms with Gasteiger partial charge in [0.1, 0.15) is 11.9 Å². The molecule has 1 aromatic carbocycles. The number of nitrogens with two attached hydrogens (primary N) is 1. The molecule has 19 heavy (non-hydrogen) atoms. The van der Waals surface area contributed by atoms with Crippen LogP contribution in [0.5, 0.6) is 0 Å². The van der Waals surface area contributed by atoms with E-state index >= 15 is 0 Å². The molecule has 1 aliphatic rings. The Bertz CT molecular complexity index is 620. The van der Waals surface area contributed by atoms with Crippen LogP contribution in [0.3, 0.4) is 0 Å². The molecule has 7 heteroatoms. The van der Waals surface area contributed by atoms with E-state index in [0.29, 0.717) is 5.92 Å². The fourth-order valence-electron chi connectivity index (χ4n) is 1.74. The molecule has 102 valence electrons. The standard InChI is InChI=1S/C12H14FN3O2S/c13-11-4-3-10(5-9(11)6-14)19(17,18)16-7-12(15)8-1-2-8/h3-5,8,12,16H,1-2,7,15H2. The first-order chi connectivity index (χ1) is 8.94. The van der Waals surface area contributed by atoms with Crippen LogP contribution in [0, 0.1) is 23.1 Å². The van der Waals surface area contributed by atoms with Crippen LogP contribution >= 0.6 is 0 Å². The summed E-state index contributed by atoms with van der Waals surface area (Å²) in [5.74, 6) is -0.360. The highest BCUT2D eigenvalue weighted by Crippen LogP contribution is 2.31. The summed E-state index contributed by atoms with van der Waals surface area (Å²) >= 11 is 0. The molecule has 1 unspecified atom stereocenters. The number of hydrogen-bond donors (Lipinski definition) is 2. The maximum absolute atomic E-state index is 13.1. The molecule has 1 fully saturated rings. The minimum absolute atomic E-state index is 0.131. The SMILES string of the molecule is N#Cc1cc(S(=O)(=O)NCC(N)C2CC2)ccc1F. The summed E-state index contributed by atoms with van der Waals surface area (Å²) in [6.45, 7) is 0.145. The lowest BCUT2D eigenvalue weighted by atomic mass is 10.2. The molecule has 0 spiro atoms. The van der Waals surface area contributed by atoms with Crippen molar-refractivity contribution in [2.75, 3.05) is 6.54 Å². The molecular weight excluding hydrogens is 269 g/mol. The maximum atomic E-state index is 13.1. The van der Waals surface area contributed by atoms with Crippen molar-refractivity contribution in [1.29, 1.82) is 5.26 Å². The number of sulfonamides is 1. The number of nitrogens with zero attached hydrogens (tertiary/aromatic N) is 1. The Morgan fingerprint density at radius 3 is 2.79 bits per heavy atom. The van der Waals surface area contributed by atoms with Gasteiger partial charge in [-0.1, -0.05) is 0 Å². The van der Waals surface area contributed by atoms with Gasteiger partial charge in [0.15, 0.2) is 0 Å². The third kappa shape index (κ3) is 3.29. The maximum Gasteiger partial charge on any atom is 0.240 e. The largest absolute Gasteiger partial charge is 0.326 e. The fourth-order valence-corrected chi connectivity index (χ4v) is 2.84. The van der Waals surface area contributed by atoms with Crippen molar-refractivity contribution in [3.8, 4) is 6.07 Å². The molecule has 1 aromatic rings. The van der Waals surface area contributed by atoms with Gasteiger partial charge in [-0.2, -0.15) is 5.26 Å². The minimum atomic E-state index is -3.76. The number of benzene rings is 1. The molecule has 0 saturated heterocycles. The summed E-state index contributed by atoms with van der Waals surface area (Å²) in [7, 11) is -3.76. The van der Waals surface area contributed by atoms with Crippen LogP contribution < -0.4 is 10.5 Å². The summed E-state index contributed by atoms with van der Waals surface area (Å²) in [5, 5.41) is 8.68. The van der Waals surface area contributed by atoms with Crippen LogP contribution in [0.25, 0.3) is 0 Å². The number of nitriles is 1. The Morgan fingerprint density at radius 1 is 1.53 bits per heavy atom. The molecule has 5 nitrogen and oxygen atoms in total. The second-order valence-corrected chi connectivity index (χ2v) is 6.37. The summed E-state index contributed by atoms with van der Waals surface area (Å²) in [4.78, 5) is -0.131. The highest BCUT2D eigenvalue weighted by atomic mass is 32.2. The van der Waals surface area contributed by atoms with E-state index in [1.165, 1.54) is 0 Å². The second kappa shape index (κ2) is 5.25. The molecule has 1 aliphatic carbocycles. The van der Waals surface area contributed by atoms with E-state index in [1.807, 2.05) is 0 Å². The van der Waals surface area contributed by atoms with E-state index in [0.717, 1.165) is 31.0 Å². The minimum Gasteiger partial charge on any atom is -0.326 e. The molecule has 0 heterocycles. The first kappa shape index (κ1) is 13.9. The molecule has 1 saturated carbocycles. The molecule has 0 aromatic heterocycles. The molecular formula is C12H14FN3O2S. The van der Waals surface area contributed by atoms with Gasteiger partial charge in [-0.05, 0) is 37.0 Å². The third-order valence-electron chi connectivity index (χ3n) is 3.11. The number of nitrogens with one attached hydrogen (secondary N) is 1. The average molecular weight is 283 g/mol. The van der Waals surface area contributed by atoms with Crippen LogP contribution in [0.1, 0.15) is 18.4 Å². The number of halogens is 1. The molecule has 1 atom stereocenters. The van der Waals surface area contributed by atoms with Gasteiger partial charge in [0, 0.05) is 12.6 Å². The lowest BCUT2D eigenvalue weighted by Gasteiger charge is -2.12. The Balaban J connectivity index is 2.12. The Kier molecular flexibility index (Phi) is 3.85. The summed E-state index contributed by atoms with van der Waals surface area (Å²) in [6.07, 6.45) is 2.05. The third-order valence-corrected chi connectivity index (χ3v) is 4.53. The van der Waals surface area contributed by atoms with Crippen molar-refractivity contribution in [3.05, 3.63) is 29.6 Å². The van der Waals surface area contributed by atoms with Gasteiger partial charge in [-0.15, -0.1) is 0 Å². The molecule has 2 rings (SSSR count). The topological polar surface area (TPSA) is 96.0 Å².